The molecule has 9 nitrogen and oxygen atoms in total. The van der Waals surface area contributed by atoms with E-state index in [0.717, 1.165) is 64.2 Å². The molecule has 1 aliphatic rings. The van der Waals surface area contributed by atoms with Crippen molar-refractivity contribution in [3.05, 3.63) is 72.9 Å². The molecule has 1 saturated heterocycles. The second kappa shape index (κ2) is 41.0. The topological polar surface area (TPSA) is 135 Å². The summed E-state index contributed by atoms with van der Waals surface area (Å²) < 4.78 is 22.8. The van der Waals surface area contributed by atoms with Crippen LogP contribution < -0.4 is 0 Å². The van der Waals surface area contributed by atoms with Gasteiger partial charge in [-0.2, -0.15) is 0 Å². The zero-order valence-electron chi connectivity index (χ0n) is 37.2. The van der Waals surface area contributed by atoms with Crippen LogP contribution in [0.25, 0.3) is 0 Å². The molecule has 0 aromatic carbocycles. The van der Waals surface area contributed by atoms with E-state index in [0.29, 0.717) is 13.0 Å². The predicted octanol–water partition coefficient (Wildman–Crippen LogP) is 10.9. The van der Waals surface area contributed by atoms with Gasteiger partial charge in [-0.15, -0.1) is 0 Å². The van der Waals surface area contributed by atoms with Gasteiger partial charge in [-0.3, -0.25) is 4.79 Å². The molecule has 0 spiro atoms. The van der Waals surface area contributed by atoms with Gasteiger partial charge in [0.2, 0.25) is 0 Å². The second-order valence-corrected chi connectivity index (χ2v) is 15.8. The van der Waals surface area contributed by atoms with Crippen molar-refractivity contribution in [2.24, 2.45) is 0 Å². The van der Waals surface area contributed by atoms with Crippen molar-refractivity contribution in [1.29, 1.82) is 0 Å². The number of carbonyl (C=O) groups excluding carboxylic acids is 1. The number of aliphatic hydroxyl groups is 4. The molecule has 340 valence electrons. The fourth-order valence-corrected chi connectivity index (χ4v) is 6.73. The van der Waals surface area contributed by atoms with E-state index in [1.165, 1.54) is 83.5 Å². The van der Waals surface area contributed by atoms with Crippen molar-refractivity contribution >= 4 is 5.97 Å². The van der Waals surface area contributed by atoms with E-state index in [2.05, 4.69) is 86.8 Å². The highest BCUT2D eigenvalue weighted by molar-refractivity contribution is 5.69. The molecule has 0 amide bonds. The molecule has 6 atom stereocenters. The van der Waals surface area contributed by atoms with Crippen LogP contribution in [-0.4, -0.2) is 89.6 Å². The van der Waals surface area contributed by atoms with Gasteiger partial charge in [-0.1, -0.05) is 177 Å². The molecule has 1 aliphatic heterocycles. The summed E-state index contributed by atoms with van der Waals surface area (Å²) in [6.07, 6.45) is 46.4. The number of esters is 1. The molecular formula is C50H86O9. The first-order valence-electron chi connectivity index (χ1n) is 23.5. The largest absolute Gasteiger partial charge is 0.457 e. The fourth-order valence-electron chi connectivity index (χ4n) is 6.73. The summed E-state index contributed by atoms with van der Waals surface area (Å²) in [6.45, 7) is 4.39. The number of allylic oxidation sites excluding steroid dienone is 12. The van der Waals surface area contributed by atoms with Crippen LogP contribution in [0, 0.1) is 0 Å². The minimum atomic E-state index is -1.55. The van der Waals surface area contributed by atoms with E-state index in [4.69, 9.17) is 18.9 Å². The van der Waals surface area contributed by atoms with Gasteiger partial charge < -0.3 is 39.4 Å². The van der Waals surface area contributed by atoms with Crippen LogP contribution in [-0.2, 0) is 23.7 Å². The number of rotatable bonds is 39. The van der Waals surface area contributed by atoms with Gasteiger partial charge in [0.1, 0.15) is 30.5 Å². The average molecular weight is 831 g/mol. The summed E-state index contributed by atoms with van der Waals surface area (Å²) in [5, 5.41) is 40.1. The molecule has 0 bridgehead atoms. The lowest BCUT2D eigenvalue weighted by atomic mass is 9.99. The predicted molar refractivity (Wildman–Crippen MR) is 242 cm³/mol. The number of carbonyl (C=O) groups is 1. The average Bonchev–Trinajstić information content (AvgIpc) is 3.24. The first kappa shape index (κ1) is 54.6. The number of ether oxygens (including phenoxy) is 4. The third kappa shape index (κ3) is 32.1. The SMILES string of the molecule is CC/C=C\C/C=C\C/C=C\C/C=C\C/C=C\C/C=C\CCCCC(=O)OC(COCCCCCCCCCCCCCCCCC)COC1OC(CO)C(O)C(O)C1O. The van der Waals surface area contributed by atoms with Crippen LogP contribution in [0.15, 0.2) is 72.9 Å². The van der Waals surface area contributed by atoms with Gasteiger partial charge in [-0.25, -0.2) is 0 Å². The molecule has 1 heterocycles. The Kier molecular flexibility index (Phi) is 38.0. The highest BCUT2D eigenvalue weighted by Gasteiger charge is 2.44. The van der Waals surface area contributed by atoms with Gasteiger partial charge >= 0.3 is 5.97 Å². The number of unbranched alkanes of at least 4 members (excludes halogenated alkanes) is 16. The minimum absolute atomic E-state index is 0.125. The number of aliphatic hydroxyl groups excluding tert-OH is 4. The Hall–Kier alpha value is -2.37. The van der Waals surface area contributed by atoms with Gasteiger partial charge in [0.25, 0.3) is 0 Å². The standard InChI is InChI=1S/C50H86O9/c1-3-5-7-9-11-13-15-17-19-20-21-22-23-24-25-27-29-31-33-35-37-39-46(52)58-44(43-57-50-49(55)48(54)47(53)45(41-51)59-50)42-56-40-38-36-34-32-30-28-26-18-16-14-12-10-8-6-4-2/h5,7,11,13,17,19,21-22,24-25,29,31,44-45,47-51,53-55H,3-4,6,8-10,12,14-16,18,20,23,26-28,30,32-43H2,1-2H3/b7-5-,13-11-,19-17-,22-21-,25-24-,31-29-. The normalized spacial score (nSPS) is 20.8. The quantitative estimate of drug-likeness (QED) is 0.0271. The van der Waals surface area contributed by atoms with E-state index < -0.39 is 43.4 Å². The van der Waals surface area contributed by atoms with Crippen molar-refractivity contribution in [2.75, 3.05) is 26.4 Å². The zero-order valence-corrected chi connectivity index (χ0v) is 37.2. The molecule has 1 rings (SSSR count). The molecule has 59 heavy (non-hydrogen) atoms. The Morgan fingerprint density at radius 2 is 1.03 bits per heavy atom. The lowest BCUT2D eigenvalue weighted by molar-refractivity contribution is -0.305. The smallest absolute Gasteiger partial charge is 0.306 e. The van der Waals surface area contributed by atoms with E-state index >= 15 is 0 Å². The summed E-state index contributed by atoms with van der Waals surface area (Å²) in [5.41, 5.74) is 0. The van der Waals surface area contributed by atoms with Crippen molar-refractivity contribution in [3.63, 3.8) is 0 Å². The van der Waals surface area contributed by atoms with Crippen LogP contribution in [0.5, 0.6) is 0 Å². The molecule has 0 aliphatic carbocycles. The molecular weight excluding hydrogens is 745 g/mol. The van der Waals surface area contributed by atoms with Gasteiger partial charge in [0.05, 0.1) is 19.8 Å². The van der Waals surface area contributed by atoms with E-state index in [1.54, 1.807) is 0 Å². The molecule has 0 radical (unpaired) electrons. The summed E-state index contributed by atoms with van der Waals surface area (Å²) in [4.78, 5) is 12.8. The fraction of sp³-hybridized carbons (Fsp3) is 0.740. The monoisotopic (exact) mass is 831 g/mol. The van der Waals surface area contributed by atoms with Gasteiger partial charge in [0, 0.05) is 13.0 Å². The lowest BCUT2D eigenvalue weighted by Gasteiger charge is -2.39. The molecule has 9 heteroatoms. The van der Waals surface area contributed by atoms with E-state index in [9.17, 15) is 25.2 Å². The Bertz CT molecular complexity index is 1130. The van der Waals surface area contributed by atoms with Crippen LogP contribution in [0.1, 0.15) is 174 Å². The van der Waals surface area contributed by atoms with Crippen molar-refractivity contribution in [2.45, 2.75) is 211 Å². The first-order valence-corrected chi connectivity index (χ1v) is 23.5. The van der Waals surface area contributed by atoms with Crippen LogP contribution >= 0.6 is 0 Å². The van der Waals surface area contributed by atoms with Crippen molar-refractivity contribution in [1.82, 2.24) is 0 Å². The molecule has 0 aromatic heterocycles. The first-order chi connectivity index (χ1) is 28.9. The Morgan fingerprint density at radius 1 is 0.559 bits per heavy atom. The molecule has 0 aromatic rings. The summed E-state index contributed by atoms with van der Waals surface area (Å²) in [7, 11) is 0. The van der Waals surface area contributed by atoms with Crippen molar-refractivity contribution in [3.8, 4) is 0 Å². The van der Waals surface area contributed by atoms with Crippen LogP contribution in [0.2, 0.25) is 0 Å². The second-order valence-electron chi connectivity index (χ2n) is 15.8. The Balaban J connectivity index is 2.30. The number of hydrogen-bond donors (Lipinski definition) is 4. The Labute approximate surface area is 359 Å². The number of hydrogen-bond acceptors (Lipinski definition) is 9. The maximum absolute atomic E-state index is 12.8. The summed E-state index contributed by atoms with van der Waals surface area (Å²) in [5.74, 6) is -0.356. The van der Waals surface area contributed by atoms with E-state index in [1.807, 2.05) is 0 Å². The molecule has 0 saturated carbocycles. The molecule has 4 N–H and O–H groups in total. The molecule has 1 fully saturated rings. The minimum Gasteiger partial charge on any atom is -0.457 e. The maximum Gasteiger partial charge on any atom is 0.306 e. The highest BCUT2D eigenvalue weighted by atomic mass is 16.7. The zero-order chi connectivity index (χ0) is 42.9. The third-order valence-electron chi connectivity index (χ3n) is 10.4. The van der Waals surface area contributed by atoms with Crippen molar-refractivity contribution < 1.29 is 44.2 Å². The van der Waals surface area contributed by atoms with Gasteiger partial charge in [0.15, 0.2) is 6.29 Å². The summed E-state index contributed by atoms with van der Waals surface area (Å²) in [6, 6.07) is 0. The highest BCUT2D eigenvalue weighted by Crippen LogP contribution is 2.22. The lowest BCUT2D eigenvalue weighted by Crippen LogP contribution is -2.59. The Morgan fingerprint density at radius 3 is 1.53 bits per heavy atom. The van der Waals surface area contributed by atoms with Gasteiger partial charge in [-0.05, 0) is 64.2 Å². The van der Waals surface area contributed by atoms with Crippen LogP contribution in [0.3, 0.4) is 0 Å². The van der Waals surface area contributed by atoms with Crippen LogP contribution in [0.4, 0.5) is 0 Å². The van der Waals surface area contributed by atoms with E-state index in [-0.39, 0.29) is 25.6 Å². The third-order valence-corrected chi connectivity index (χ3v) is 10.4. The summed E-state index contributed by atoms with van der Waals surface area (Å²) >= 11 is 0. The maximum atomic E-state index is 12.8. The molecule has 6 unspecified atom stereocenters.